The lowest BCUT2D eigenvalue weighted by molar-refractivity contribution is -0.125. The van der Waals surface area contributed by atoms with Crippen LogP contribution in [-0.2, 0) is 11.3 Å². The molecule has 0 fully saturated rings. The van der Waals surface area contributed by atoms with Gasteiger partial charge in [-0.1, -0.05) is 23.2 Å². The molecule has 0 saturated heterocycles. The molecule has 0 aromatic heterocycles. The Morgan fingerprint density at radius 2 is 2.06 bits per heavy atom. The summed E-state index contributed by atoms with van der Waals surface area (Å²) in [7, 11) is 0. The van der Waals surface area contributed by atoms with E-state index in [1.165, 1.54) is 0 Å². The first-order valence-electron chi connectivity index (χ1n) is 5.27. The highest BCUT2D eigenvalue weighted by atomic mass is 35.5. The maximum absolute atomic E-state index is 11.1. The third-order valence-electron chi connectivity index (χ3n) is 2.56. The molecule has 94 valence electrons. The van der Waals surface area contributed by atoms with E-state index in [0.717, 1.165) is 5.56 Å². The Kier molecular flexibility index (Phi) is 4.80. The first-order chi connectivity index (χ1) is 7.83. The highest BCUT2D eigenvalue weighted by Crippen LogP contribution is 2.21. The number of hydrogen-bond donors (Lipinski definition) is 2. The molecule has 0 heterocycles. The van der Waals surface area contributed by atoms with E-state index in [0.29, 0.717) is 23.1 Å². The normalized spacial score (nSPS) is 11.5. The largest absolute Gasteiger partial charge is 0.369 e. The summed E-state index contributed by atoms with van der Waals surface area (Å²) in [5.74, 6) is -0.331. The molecule has 0 aliphatic heterocycles. The molecule has 1 amide bonds. The molecule has 17 heavy (non-hydrogen) atoms. The van der Waals surface area contributed by atoms with Gasteiger partial charge in [-0.05, 0) is 37.6 Å². The minimum atomic E-state index is -0.578. The predicted octanol–water partition coefficient (Wildman–Crippen LogP) is 2.59. The minimum Gasteiger partial charge on any atom is -0.369 e. The molecule has 5 heteroatoms. The molecule has 0 unspecified atom stereocenters. The molecular weight excluding hydrogens is 259 g/mol. The van der Waals surface area contributed by atoms with Gasteiger partial charge >= 0.3 is 0 Å². The Morgan fingerprint density at radius 3 is 2.65 bits per heavy atom. The van der Waals surface area contributed by atoms with Gasteiger partial charge in [-0.2, -0.15) is 0 Å². The fourth-order valence-electron chi connectivity index (χ4n) is 1.28. The van der Waals surface area contributed by atoms with Crippen LogP contribution in [0, 0.1) is 5.41 Å². The molecule has 1 rings (SSSR count). The van der Waals surface area contributed by atoms with Crippen molar-refractivity contribution in [1.29, 1.82) is 0 Å². The molecule has 1 aromatic rings. The first kappa shape index (κ1) is 14.3. The highest BCUT2D eigenvalue weighted by molar-refractivity contribution is 6.33. The maximum Gasteiger partial charge on any atom is 0.224 e. The van der Waals surface area contributed by atoms with Crippen LogP contribution in [0.25, 0.3) is 0 Å². The molecule has 0 saturated carbocycles. The van der Waals surface area contributed by atoms with Crippen molar-refractivity contribution in [2.75, 3.05) is 6.54 Å². The number of benzene rings is 1. The number of hydrogen-bond acceptors (Lipinski definition) is 2. The van der Waals surface area contributed by atoms with Gasteiger partial charge in [0.15, 0.2) is 0 Å². The Balaban J connectivity index is 2.57. The van der Waals surface area contributed by atoms with E-state index in [2.05, 4.69) is 5.32 Å². The van der Waals surface area contributed by atoms with Crippen molar-refractivity contribution in [2.24, 2.45) is 11.1 Å². The zero-order valence-corrected chi connectivity index (χ0v) is 11.4. The van der Waals surface area contributed by atoms with Crippen molar-refractivity contribution in [3.05, 3.63) is 33.8 Å². The number of nitrogens with one attached hydrogen (secondary N) is 1. The summed E-state index contributed by atoms with van der Waals surface area (Å²) in [6, 6.07) is 5.29. The summed E-state index contributed by atoms with van der Waals surface area (Å²) in [5.41, 5.74) is 5.60. The van der Waals surface area contributed by atoms with Crippen molar-refractivity contribution in [3.63, 3.8) is 0 Å². The van der Waals surface area contributed by atoms with E-state index in [4.69, 9.17) is 28.9 Å². The summed E-state index contributed by atoms with van der Waals surface area (Å²) in [6.07, 6.45) is 0. The van der Waals surface area contributed by atoms with E-state index in [1.807, 2.05) is 0 Å². The van der Waals surface area contributed by atoms with Gasteiger partial charge in [-0.15, -0.1) is 0 Å². The summed E-state index contributed by atoms with van der Waals surface area (Å²) in [4.78, 5) is 11.1. The number of nitrogens with two attached hydrogens (primary N) is 1. The molecule has 3 N–H and O–H groups in total. The van der Waals surface area contributed by atoms with Crippen LogP contribution in [0.5, 0.6) is 0 Å². The van der Waals surface area contributed by atoms with Gasteiger partial charge in [0, 0.05) is 23.1 Å². The molecule has 0 bridgehead atoms. The van der Waals surface area contributed by atoms with Crippen LogP contribution in [-0.4, -0.2) is 12.5 Å². The van der Waals surface area contributed by atoms with Crippen LogP contribution >= 0.6 is 23.2 Å². The van der Waals surface area contributed by atoms with Crippen LogP contribution in [0.1, 0.15) is 19.4 Å². The summed E-state index contributed by atoms with van der Waals surface area (Å²) in [5, 5.41) is 4.44. The summed E-state index contributed by atoms with van der Waals surface area (Å²) >= 11 is 11.9. The summed E-state index contributed by atoms with van der Waals surface area (Å²) < 4.78 is 0. The van der Waals surface area contributed by atoms with E-state index >= 15 is 0 Å². The monoisotopic (exact) mass is 274 g/mol. The molecular formula is C12H16Cl2N2O. The fraction of sp³-hybridized carbons (Fsp3) is 0.417. The Hall–Kier alpha value is -0.770. The average molecular weight is 275 g/mol. The third kappa shape index (κ3) is 4.19. The first-order valence-corrected chi connectivity index (χ1v) is 6.03. The van der Waals surface area contributed by atoms with Crippen LogP contribution < -0.4 is 11.1 Å². The molecule has 0 aliphatic rings. The van der Waals surface area contributed by atoms with Crippen LogP contribution in [0.4, 0.5) is 0 Å². The Bertz CT molecular complexity index is 419. The number of rotatable bonds is 5. The quantitative estimate of drug-likeness (QED) is 0.867. The third-order valence-corrected chi connectivity index (χ3v) is 3.16. The van der Waals surface area contributed by atoms with Gasteiger partial charge in [-0.25, -0.2) is 0 Å². The second-order valence-corrected chi connectivity index (χ2v) is 5.43. The van der Waals surface area contributed by atoms with Gasteiger partial charge in [0.05, 0.1) is 5.41 Å². The Morgan fingerprint density at radius 1 is 1.41 bits per heavy atom. The topological polar surface area (TPSA) is 55.1 Å². The fourth-order valence-corrected chi connectivity index (χ4v) is 1.65. The molecule has 0 aliphatic carbocycles. The lowest BCUT2D eigenvalue weighted by Gasteiger charge is -2.21. The van der Waals surface area contributed by atoms with Crippen molar-refractivity contribution >= 4 is 29.1 Å². The molecule has 1 aromatic carbocycles. The number of amides is 1. The average Bonchev–Trinajstić information content (AvgIpc) is 2.22. The van der Waals surface area contributed by atoms with E-state index < -0.39 is 5.41 Å². The van der Waals surface area contributed by atoms with Crippen LogP contribution in [0.2, 0.25) is 10.0 Å². The molecule has 0 spiro atoms. The highest BCUT2D eigenvalue weighted by Gasteiger charge is 2.24. The number of carbonyl (C=O) groups excluding carboxylic acids is 1. The van der Waals surface area contributed by atoms with Gasteiger partial charge in [0.25, 0.3) is 0 Å². The molecule has 0 atom stereocenters. The van der Waals surface area contributed by atoms with Gasteiger partial charge in [0.2, 0.25) is 5.91 Å². The smallest absolute Gasteiger partial charge is 0.224 e. The summed E-state index contributed by atoms with van der Waals surface area (Å²) in [6.45, 7) is 4.63. The second kappa shape index (κ2) is 5.71. The Labute approximate surface area is 111 Å². The van der Waals surface area contributed by atoms with Crippen LogP contribution in [0.3, 0.4) is 0 Å². The van der Waals surface area contributed by atoms with E-state index in [9.17, 15) is 4.79 Å². The van der Waals surface area contributed by atoms with Crippen molar-refractivity contribution in [2.45, 2.75) is 20.4 Å². The SMILES string of the molecule is CC(C)(CNCc1cc(Cl)ccc1Cl)C(N)=O. The lowest BCUT2D eigenvalue weighted by Crippen LogP contribution is -2.40. The number of primary amides is 1. The van der Waals surface area contributed by atoms with Gasteiger partial charge in [-0.3, -0.25) is 4.79 Å². The van der Waals surface area contributed by atoms with Gasteiger partial charge in [0.1, 0.15) is 0 Å². The standard InChI is InChI=1S/C12H16Cl2N2O/c1-12(2,11(15)17)7-16-6-8-5-9(13)3-4-10(8)14/h3-5,16H,6-7H2,1-2H3,(H2,15,17). The molecule has 3 nitrogen and oxygen atoms in total. The lowest BCUT2D eigenvalue weighted by atomic mass is 9.93. The number of carbonyl (C=O) groups is 1. The number of halogens is 2. The zero-order chi connectivity index (χ0) is 13.1. The minimum absolute atomic E-state index is 0.331. The maximum atomic E-state index is 11.1. The zero-order valence-electron chi connectivity index (χ0n) is 9.89. The molecule has 0 radical (unpaired) electrons. The van der Waals surface area contributed by atoms with E-state index in [-0.39, 0.29) is 5.91 Å². The van der Waals surface area contributed by atoms with Gasteiger partial charge < -0.3 is 11.1 Å². The van der Waals surface area contributed by atoms with Crippen molar-refractivity contribution in [3.8, 4) is 0 Å². The predicted molar refractivity (Wildman–Crippen MR) is 71.1 cm³/mol. The van der Waals surface area contributed by atoms with Crippen molar-refractivity contribution in [1.82, 2.24) is 5.32 Å². The second-order valence-electron chi connectivity index (χ2n) is 4.59. The van der Waals surface area contributed by atoms with Crippen LogP contribution in [0.15, 0.2) is 18.2 Å². The van der Waals surface area contributed by atoms with Crippen molar-refractivity contribution < 1.29 is 4.79 Å². The van der Waals surface area contributed by atoms with E-state index in [1.54, 1.807) is 32.0 Å².